The van der Waals surface area contributed by atoms with E-state index in [1.807, 2.05) is 13.8 Å². The van der Waals surface area contributed by atoms with Gasteiger partial charge in [-0.05, 0) is 26.7 Å². The zero-order chi connectivity index (χ0) is 15.9. The lowest BCUT2D eigenvalue weighted by atomic mass is 10.0. The molecule has 0 aliphatic carbocycles. The molecule has 116 valence electrons. The SMILES string of the molecule is COC(=O)C[C@@H](NC(=O)CC(=O)OC(C)(C)C)C(C)C. The number of nitrogens with one attached hydrogen (secondary N) is 1. The molecule has 20 heavy (non-hydrogen) atoms. The number of amides is 1. The van der Waals surface area contributed by atoms with Crippen molar-refractivity contribution in [2.75, 3.05) is 7.11 Å². The molecule has 0 saturated carbocycles. The predicted octanol–water partition coefficient (Wildman–Crippen LogP) is 1.42. The Labute approximate surface area is 120 Å². The topological polar surface area (TPSA) is 81.7 Å². The molecule has 1 atom stereocenters. The maximum atomic E-state index is 11.8. The van der Waals surface area contributed by atoms with Gasteiger partial charge >= 0.3 is 11.9 Å². The largest absolute Gasteiger partial charge is 0.469 e. The molecular weight excluding hydrogens is 262 g/mol. The number of ether oxygens (including phenoxy) is 2. The first-order valence-corrected chi connectivity index (χ1v) is 6.63. The van der Waals surface area contributed by atoms with Gasteiger partial charge in [0.05, 0.1) is 13.5 Å². The lowest BCUT2D eigenvalue weighted by Crippen LogP contribution is -2.41. The van der Waals surface area contributed by atoms with E-state index in [1.165, 1.54) is 7.11 Å². The van der Waals surface area contributed by atoms with Crippen molar-refractivity contribution in [1.82, 2.24) is 5.32 Å². The fraction of sp³-hybridized carbons (Fsp3) is 0.786. The first kappa shape index (κ1) is 18.4. The number of hydrogen-bond acceptors (Lipinski definition) is 5. The number of carbonyl (C=O) groups excluding carboxylic acids is 3. The van der Waals surface area contributed by atoms with Gasteiger partial charge in [0.25, 0.3) is 0 Å². The molecule has 1 N–H and O–H groups in total. The van der Waals surface area contributed by atoms with E-state index < -0.39 is 23.4 Å². The summed E-state index contributed by atoms with van der Waals surface area (Å²) in [5.41, 5.74) is -0.624. The van der Waals surface area contributed by atoms with Crippen molar-refractivity contribution >= 4 is 17.8 Å². The van der Waals surface area contributed by atoms with E-state index in [1.54, 1.807) is 20.8 Å². The highest BCUT2D eigenvalue weighted by atomic mass is 16.6. The highest BCUT2D eigenvalue weighted by molar-refractivity contribution is 5.94. The van der Waals surface area contributed by atoms with E-state index in [2.05, 4.69) is 10.1 Å². The molecule has 0 aliphatic rings. The van der Waals surface area contributed by atoms with E-state index in [-0.39, 0.29) is 24.8 Å². The Morgan fingerprint density at radius 1 is 1.10 bits per heavy atom. The summed E-state index contributed by atoms with van der Waals surface area (Å²) in [5.74, 6) is -1.39. The van der Waals surface area contributed by atoms with Gasteiger partial charge in [-0.3, -0.25) is 14.4 Å². The summed E-state index contributed by atoms with van der Waals surface area (Å²) in [5, 5.41) is 2.66. The van der Waals surface area contributed by atoms with Crippen molar-refractivity contribution in [2.45, 2.75) is 59.1 Å². The number of hydrogen-bond donors (Lipinski definition) is 1. The van der Waals surface area contributed by atoms with Crippen molar-refractivity contribution in [3.05, 3.63) is 0 Å². The molecule has 0 spiro atoms. The Morgan fingerprint density at radius 2 is 1.65 bits per heavy atom. The molecule has 0 bridgehead atoms. The molecule has 6 heteroatoms. The second kappa shape index (κ2) is 7.87. The number of esters is 2. The van der Waals surface area contributed by atoms with Crippen LogP contribution in [0.1, 0.15) is 47.5 Å². The molecule has 0 aromatic carbocycles. The first-order valence-electron chi connectivity index (χ1n) is 6.63. The molecule has 6 nitrogen and oxygen atoms in total. The summed E-state index contributed by atoms with van der Waals surface area (Å²) in [6.07, 6.45) is -0.282. The molecule has 0 fully saturated rings. The Kier molecular flexibility index (Phi) is 7.24. The van der Waals surface area contributed by atoms with Gasteiger partial charge in [-0.1, -0.05) is 13.8 Å². The Bertz CT molecular complexity index is 357. The molecule has 0 radical (unpaired) electrons. The highest BCUT2D eigenvalue weighted by Crippen LogP contribution is 2.10. The van der Waals surface area contributed by atoms with Crippen LogP contribution < -0.4 is 5.32 Å². The molecule has 0 aromatic rings. The average molecular weight is 287 g/mol. The molecule has 0 rings (SSSR count). The van der Waals surface area contributed by atoms with Crippen LogP contribution in [0.4, 0.5) is 0 Å². The minimum atomic E-state index is -0.624. The predicted molar refractivity (Wildman–Crippen MR) is 73.9 cm³/mol. The van der Waals surface area contributed by atoms with Gasteiger partial charge in [0.2, 0.25) is 5.91 Å². The molecule has 1 amide bonds. The van der Waals surface area contributed by atoms with Crippen LogP contribution in [-0.2, 0) is 23.9 Å². The Hall–Kier alpha value is -1.59. The number of carbonyl (C=O) groups is 3. The second-order valence-corrected chi connectivity index (χ2v) is 5.96. The maximum absolute atomic E-state index is 11.8. The summed E-state index contributed by atoms with van der Waals surface area (Å²) >= 11 is 0. The molecule has 0 unspecified atom stereocenters. The summed E-state index contributed by atoms with van der Waals surface area (Å²) in [4.78, 5) is 34.5. The minimum Gasteiger partial charge on any atom is -0.469 e. The summed E-state index contributed by atoms with van der Waals surface area (Å²) < 4.78 is 9.64. The summed E-state index contributed by atoms with van der Waals surface area (Å²) in [7, 11) is 1.29. The van der Waals surface area contributed by atoms with Gasteiger partial charge in [0.15, 0.2) is 0 Å². The fourth-order valence-electron chi connectivity index (χ4n) is 1.48. The third-order valence-electron chi connectivity index (χ3n) is 2.49. The van der Waals surface area contributed by atoms with Crippen LogP contribution in [0.2, 0.25) is 0 Å². The van der Waals surface area contributed by atoms with E-state index in [4.69, 9.17) is 4.74 Å². The van der Waals surface area contributed by atoms with Crippen molar-refractivity contribution in [3.8, 4) is 0 Å². The number of methoxy groups -OCH3 is 1. The van der Waals surface area contributed by atoms with E-state index in [0.29, 0.717) is 0 Å². The molecule has 0 aromatic heterocycles. The first-order chi connectivity index (χ1) is 9.05. The Balaban J connectivity index is 4.40. The van der Waals surface area contributed by atoms with E-state index in [0.717, 1.165) is 0 Å². The highest BCUT2D eigenvalue weighted by Gasteiger charge is 2.23. The van der Waals surface area contributed by atoms with Crippen LogP contribution in [0.3, 0.4) is 0 Å². The van der Waals surface area contributed by atoms with E-state index in [9.17, 15) is 14.4 Å². The maximum Gasteiger partial charge on any atom is 0.315 e. The summed E-state index contributed by atoms with van der Waals surface area (Å²) in [6.45, 7) is 8.95. The third kappa shape index (κ3) is 8.50. The average Bonchev–Trinajstić information content (AvgIpc) is 2.24. The lowest BCUT2D eigenvalue weighted by molar-refractivity contribution is -0.156. The van der Waals surface area contributed by atoms with Gasteiger partial charge in [-0.15, -0.1) is 0 Å². The monoisotopic (exact) mass is 287 g/mol. The van der Waals surface area contributed by atoms with Gasteiger partial charge in [-0.25, -0.2) is 0 Å². The molecule has 0 saturated heterocycles. The lowest BCUT2D eigenvalue weighted by Gasteiger charge is -2.22. The fourth-order valence-corrected chi connectivity index (χ4v) is 1.48. The zero-order valence-corrected chi connectivity index (χ0v) is 13.1. The van der Waals surface area contributed by atoms with Gasteiger partial charge < -0.3 is 14.8 Å². The molecule has 0 aliphatic heterocycles. The van der Waals surface area contributed by atoms with Crippen molar-refractivity contribution in [3.63, 3.8) is 0 Å². The second-order valence-electron chi connectivity index (χ2n) is 5.96. The van der Waals surface area contributed by atoms with Crippen LogP contribution in [-0.4, -0.2) is 36.6 Å². The summed E-state index contributed by atoms with van der Waals surface area (Å²) in [6, 6.07) is -0.364. The molecule has 0 heterocycles. The van der Waals surface area contributed by atoms with Crippen LogP contribution in [0, 0.1) is 5.92 Å². The van der Waals surface area contributed by atoms with Crippen LogP contribution in [0.25, 0.3) is 0 Å². The molecular formula is C14H25NO5. The van der Waals surface area contributed by atoms with E-state index >= 15 is 0 Å². The minimum absolute atomic E-state index is 0.0525. The van der Waals surface area contributed by atoms with Gasteiger partial charge in [0, 0.05) is 6.04 Å². The standard InChI is InChI=1S/C14H25NO5/c1-9(2)10(7-12(17)19-6)15-11(16)8-13(18)20-14(3,4)5/h9-10H,7-8H2,1-6H3,(H,15,16)/t10-/m1/s1. The van der Waals surface area contributed by atoms with Crippen molar-refractivity contribution < 1.29 is 23.9 Å². The van der Waals surface area contributed by atoms with Crippen molar-refractivity contribution in [1.29, 1.82) is 0 Å². The Morgan fingerprint density at radius 3 is 2.05 bits per heavy atom. The van der Waals surface area contributed by atoms with Gasteiger partial charge in [0.1, 0.15) is 12.0 Å². The van der Waals surface area contributed by atoms with Crippen LogP contribution in [0.15, 0.2) is 0 Å². The number of rotatable bonds is 6. The quantitative estimate of drug-likeness (QED) is 0.590. The third-order valence-corrected chi connectivity index (χ3v) is 2.49. The van der Waals surface area contributed by atoms with Gasteiger partial charge in [-0.2, -0.15) is 0 Å². The van der Waals surface area contributed by atoms with Crippen molar-refractivity contribution in [2.24, 2.45) is 5.92 Å². The normalized spacial score (nSPS) is 12.8. The van der Waals surface area contributed by atoms with Crippen LogP contribution >= 0.6 is 0 Å². The van der Waals surface area contributed by atoms with Crippen LogP contribution in [0.5, 0.6) is 0 Å². The zero-order valence-electron chi connectivity index (χ0n) is 13.1. The smallest absolute Gasteiger partial charge is 0.315 e.